The lowest BCUT2D eigenvalue weighted by Gasteiger charge is -2.02. The second-order valence-corrected chi connectivity index (χ2v) is 6.23. The molecule has 0 amide bonds. The van der Waals surface area contributed by atoms with E-state index in [9.17, 15) is 0 Å². The van der Waals surface area contributed by atoms with Gasteiger partial charge in [0.25, 0.3) is 0 Å². The molecular weight excluding hydrogens is 298 g/mol. The molecule has 0 aliphatic heterocycles. The molecule has 0 atom stereocenters. The SMILES string of the molecule is Brc1cnc(NCc2cc3c(s2)CCC3)nc1. The van der Waals surface area contributed by atoms with E-state index in [0.29, 0.717) is 5.95 Å². The third-order valence-corrected chi connectivity index (χ3v) is 4.49. The molecule has 0 bridgehead atoms. The van der Waals surface area contributed by atoms with Crippen molar-refractivity contribution in [2.24, 2.45) is 0 Å². The third kappa shape index (κ3) is 2.50. The van der Waals surface area contributed by atoms with Gasteiger partial charge in [-0.15, -0.1) is 11.3 Å². The van der Waals surface area contributed by atoms with Gasteiger partial charge in [-0.25, -0.2) is 9.97 Å². The molecule has 0 radical (unpaired) electrons. The van der Waals surface area contributed by atoms with Gasteiger partial charge < -0.3 is 5.32 Å². The summed E-state index contributed by atoms with van der Waals surface area (Å²) >= 11 is 5.24. The number of aryl methyl sites for hydroxylation is 2. The van der Waals surface area contributed by atoms with Gasteiger partial charge in [0.2, 0.25) is 5.95 Å². The zero-order valence-electron chi connectivity index (χ0n) is 9.24. The molecule has 0 saturated carbocycles. The molecular formula is C12H12BrN3S. The fourth-order valence-corrected chi connectivity index (χ4v) is 3.45. The van der Waals surface area contributed by atoms with Crippen molar-refractivity contribution in [2.45, 2.75) is 25.8 Å². The lowest BCUT2D eigenvalue weighted by Crippen LogP contribution is -2.01. The first-order valence-corrected chi connectivity index (χ1v) is 7.24. The number of nitrogens with one attached hydrogen (secondary N) is 1. The first-order valence-electron chi connectivity index (χ1n) is 5.63. The van der Waals surface area contributed by atoms with Crippen LogP contribution in [-0.2, 0) is 19.4 Å². The Labute approximate surface area is 112 Å². The van der Waals surface area contributed by atoms with Crippen LogP contribution in [0.15, 0.2) is 22.9 Å². The lowest BCUT2D eigenvalue weighted by molar-refractivity contribution is 0.913. The minimum Gasteiger partial charge on any atom is -0.349 e. The van der Waals surface area contributed by atoms with Crippen LogP contribution in [0, 0.1) is 0 Å². The van der Waals surface area contributed by atoms with Crippen LogP contribution >= 0.6 is 27.3 Å². The van der Waals surface area contributed by atoms with Crippen molar-refractivity contribution in [3.63, 3.8) is 0 Å². The highest BCUT2D eigenvalue weighted by molar-refractivity contribution is 9.10. The fraction of sp³-hybridized carbons (Fsp3) is 0.333. The number of nitrogens with zero attached hydrogens (tertiary/aromatic N) is 2. The molecule has 0 spiro atoms. The maximum absolute atomic E-state index is 4.19. The van der Waals surface area contributed by atoms with Crippen molar-refractivity contribution in [3.8, 4) is 0 Å². The summed E-state index contributed by atoms with van der Waals surface area (Å²) in [5, 5.41) is 3.24. The second-order valence-electron chi connectivity index (χ2n) is 4.09. The number of hydrogen-bond acceptors (Lipinski definition) is 4. The van der Waals surface area contributed by atoms with Gasteiger partial charge in [0, 0.05) is 22.1 Å². The Hall–Kier alpha value is -0.940. The minimum absolute atomic E-state index is 0.682. The smallest absolute Gasteiger partial charge is 0.222 e. The van der Waals surface area contributed by atoms with Gasteiger partial charge in [-0.2, -0.15) is 0 Å². The second kappa shape index (κ2) is 4.74. The van der Waals surface area contributed by atoms with Gasteiger partial charge >= 0.3 is 0 Å². The fourth-order valence-electron chi connectivity index (χ4n) is 2.05. The summed E-state index contributed by atoms with van der Waals surface area (Å²) in [6.45, 7) is 0.819. The topological polar surface area (TPSA) is 37.8 Å². The molecule has 2 aromatic rings. The van der Waals surface area contributed by atoms with Crippen LogP contribution in [0.3, 0.4) is 0 Å². The van der Waals surface area contributed by atoms with E-state index in [0.717, 1.165) is 11.0 Å². The Morgan fingerprint density at radius 1 is 1.29 bits per heavy atom. The average Bonchev–Trinajstić information content (AvgIpc) is 2.88. The largest absolute Gasteiger partial charge is 0.349 e. The lowest BCUT2D eigenvalue weighted by atomic mass is 10.2. The van der Waals surface area contributed by atoms with E-state index in [1.165, 1.54) is 24.1 Å². The first kappa shape index (κ1) is 11.2. The molecule has 0 unspecified atom stereocenters. The molecule has 88 valence electrons. The van der Waals surface area contributed by atoms with Crippen LogP contribution in [0.2, 0.25) is 0 Å². The highest BCUT2D eigenvalue weighted by Crippen LogP contribution is 2.30. The molecule has 1 N–H and O–H groups in total. The summed E-state index contributed by atoms with van der Waals surface area (Å²) < 4.78 is 0.901. The van der Waals surface area contributed by atoms with Crippen molar-refractivity contribution in [1.29, 1.82) is 0 Å². The Kier molecular flexibility index (Phi) is 3.11. The minimum atomic E-state index is 0.682. The molecule has 2 heterocycles. The number of fused-ring (bicyclic) bond motifs is 1. The molecule has 0 aromatic carbocycles. The predicted molar refractivity (Wildman–Crippen MR) is 73.4 cm³/mol. The summed E-state index contributed by atoms with van der Waals surface area (Å²) in [5.41, 5.74) is 1.54. The highest BCUT2D eigenvalue weighted by Gasteiger charge is 2.14. The van der Waals surface area contributed by atoms with E-state index in [1.807, 2.05) is 11.3 Å². The Balaban J connectivity index is 1.65. The number of thiophene rings is 1. The monoisotopic (exact) mass is 309 g/mol. The number of aromatic nitrogens is 2. The predicted octanol–water partition coefficient (Wildman–Crippen LogP) is 3.40. The Morgan fingerprint density at radius 2 is 2.12 bits per heavy atom. The maximum atomic E-state index is 4.19. The van der Waals surface area contributed by atoms with Gasteiger partial charge in [0.15, 0.2) is 0 Å². The number of anilines is 1. The number of rotatable bonds is 3. The Bertz CT molecular complexity index is 500. The van der Waals surface area contributed by atoms with Gasteiger partial charge in [0.05, 0.1) is 11.0 Å². The Morgan fingerprint density at radius 3 is 2.88 bits per heavy atom. The van der Waals surface area contributed by atoms with E-state index < -0.39 is 0 Å². The van der Waals surface area contributed by atoms with Crippen LogP contribution < -0.4 is 5.32 Å². The van der Waals surface area contributed by atoms with Crippen LogP contribution in [0.25, 0.3) is 0 Å². The van der Waals surface area contributed by atoms with Crippen molar-refractivity contribution >= 4 is 33.2 Å². The zero-order chi connectivity index (χ0) is 11.7. The van der Waals surface area contributed by atoms with E-state index in [4.69, 9.17) is 0 Å². The maximum Gasteiger partial charge on any atom is 0.222 e. The molecule has 1 aliphatic rings. The van der Waals surface area contributed by atoms with Crippen molar-refractivity contribution < 1.29 is 0 Å². The molecule has 3 rings (SSSR count). The van der Waals surface area contributed by atoms with Gasteiger partial charge in [-0.3, -0.25) is 0 Å². The van der Waals surface area contributed by atoms with Crippen LogP contribution in [-0.4, -0.2) is 9.97 Å². The average molecular weight is 310 g/mol. The normalized spacial score (nSPS) is 13.7. The van der Waals surface area contributed by atoms with Gasteiger partial charge in [-0.05, 0) is 46.8 Å². The first-order chi connectivity index (χ1) is 8.31. The third-order valence-electron chi connectivity index (χ3n) is 2.84. The molecule has 5 heteroatoms. The molecule has 0 fully saturated rings. The highest BCUT2D eigenvalue weighted by atomic mass is 79.9. The van der Waals surface area contributed by atoms with Crippen molar-refractivity contribution in [3.05, 3.63) is 38.3 Å². The summed E-state index contributed by atoms with van der Waals surface area (Å²) in [6.07, 6.45) is 7.34. The van der Waals surface area contributed by atoms with E-state index in [2.05, 4.69) is 37.3 Å². The van der Waals surface area contributed by atoms with E-state index >= 15 is 0 Å². The van der Waals surface area contributed by atoms with Crippen LogP contribution in [0.5, 0.6) is 0 Å². The molecule has 2 aromatic heterocycles. The van der Waals surface area contributed by atoms with E-state index in [-0.39, 0.29) is 0 Å². The van der Waals surface area contributed by atoms with Gasteiger partial charge in [-0.1, -0.05) is 0 Å². The summed E-state index contributed by atoms with van der Waals surface area (Å²) in [5.74, 6) is 0.682. The summed E-state index contributed by atoms with van der Waals surface area (Å²) in [7, 11) is 0. The quantitative estimate of drug-likeness (QED) is 0.944. The molecule has 0 saturated heterocycles. The number of halogens is 1. The summed E-state index contributed by atoms with van der Waals surface area (Å²) in [6, 6.07) is 2.32. The van der Waals surface area contributed by atoms with Crippen molar-refractivity contribution in [2.75, 3.05) is 5.32 Å². The van der Waals surface area contributed by atoms with Crippen LogP contribution in [0.1, 0.15) is 21.7 Å². The summed E-state index contributed by atoms with van der Waals surface area (Å²) in [4.78, 5) is 11.3. The molecule has 3 nitrogen and oxygen atoms in total. The van der Waals surface area contributed by atoms with E-state index in [1.54, 1.807) is 22.8 Å². The van der Waals surface area contributed by atoms with Gasteiger partial charge in [0.1, 0.15) is 0 Å². The molecule has 1 aliphatic carbocycles. The van der Waals surface area contributed by atoms with Crippen molar-refractivity contribution in [1.82, 2.24) is 9.97 Å². The van der Waals surface area contributed by atoms with Crippen LogP contribution in [0.4, 0.5) is 5.95 Å². The standard InChI is InChI=1S/C12H12BrN3S/c13-9-5-14-12(15-6-9)16-7-10-4-8-2-1-3-11(8)17-10/h4-6H,1-3,7H2,(H,14,15,16). The molecule has 17 heavy (non-hydrogen) atoms. The zero-order valence-corrected chi connectivity index (χ0v) is 11.6. The number of hydrogen-bond donors (Lipinski definition) is 1.